The number of amides is 1. The Labute approximate surface area is 114 Å². The summed E-state index contributed by atoms with van der Waals surface area (Å²) in [5.41, 5.74) is 5.85. The van der Waals surface area contributed by atoms with Crippen LogP contribution in [0, 0.1) is 0 Å². The standard InChI is InChI=1S/C12H24BN3O3/c14-9-3-5-10(6-4-9)15-8-12(17)16-7-1-2-11(16)13(18)19/h9-11,15,18-19H,1-8,14H2/t9?,10?,11-/m1/s1. The highest BCUT2D eigenvalue weighted by atomic mass is 16.4. The summed E-state index contributed by atoms with van der Waals surface area (Å²) in [6.45, 7) is 0.904. The van der Waals surface area contributed by atoms with E-state index in [9.17, 15) is 14.8 Å². The Balaban J connectivity index is 1.75. The molecule has 1 amide bonds. The summed E-state index contributed by atoms with van der Waals surface area (Å²) in [7, 11) is -1.43. The quantitative estimate of drug-likeness (QED) is 0.483. The van der Waals surface area contributed by atoms with Crippen molar-refractivity contribution in [2.75, 3.05) is 13.1 Å². The van der Waals surface area contributed by atoms with E-state index in [-0.39, 0.29) is 12.5 Å². The fraction of sp³-hybridized carbons (Fsp3) is 0.917. The lowest BCUT2D eigenvalue weighted by Gasteiger charge is -2.29. The van der Waals surface area contributed by atoms with Crippen molar-refractivity contribution < 1.29 is 14.8 Å². The second-order valence-electron chi connectivity index (χ2n) is 5.70. The topological polar surface area (TPSA) is 98.8 Å². The van der Waals surface area contributed by atoms with Crippen molar-refractivity contribution in [3.8, 4) is 0 Å². The van der Waals surface area contributed by atoms with Crippen LogP contribution in [0.15, 0.2) is 0 Å². The molecule has 0 bridgehead atoms. The van der Waals surface area contributed by atoms with Crippen molar-refractivity contribution in [2.45, 2.75) is 56.5 Å². The molecule has 1 saturated carbocycles. The van der Waals surface area contributed by atoms with Gasteiger partial charge in [-0.25, -0.2) is 0 Å². The molecular weight excluding hydrogens is 245 g/mol. The fourth-order valence-electron chi connectivity index (χ4n) is 3.07. The molecular formula is C12H24BN3O3. The Kier molecular flexibility index (Phi) is 5.21. The summed E-state index contributed by atoms with van der Waals surface area (Å²) >= 11 is 0. The molecule has 1 aliphatic carbocycles. The fourth-order valence-corrected chi connectivity index (χ4v) is 3.07. The van der Waals surface area contributed by atoms with Gasteiger partial charge in [-0.05, 0) is 38.5 Å². The Morgan fingerprint density at radius 1 is 1.26 bits per heavy atom. The van der Waals surface area contributed by atoms with Gasteiger partial charge in [0.05, 0.1) is 12.5 Å². The van der Waals surface area contributed by atoms with E-state index >= 15 is 0 Å². The molecule has 7 heteroatoms. The number of nitrogens with one attached hydrogen (secondary N) is 1. The van der Waals surface area contributed by atoms with E-state index in [2.05, 4.69) is 5.32 Å². The van der Waals surface area contributed by atoms with Crippen molar-refractivity contribution >= 4 is 13.0 Å². The van der Waals surface area contributed by atoms with E-state index in [1.165, 1.54) is 0 Å². The molecule has 19 heavy (non-hydrogen) atoms. The van der Waals surface area contributed by atoms with Crippen LogP contribution in [-0.2, 0) is 4.79 Å². The van der Waals surface area contributed by atoms with Gasteiger partial charge in [0.1, 0.15) is 0 Å². The van der Waals surface area contributed by atoms with Crippen molar-refractivity contribution in [1.29, 1.82) is 0 Å². The van der Waals surface area contributed by atoms with Crippen LogP contribution in [0.1, 0.15) is 38.5 Å². The van der Waals surface area contributed by atoms with E-state index in [4.69, 9.17) is 5.73 Å². The van der Waals surface area contributed by atoms with Gasteiger partial charge in [0.2, 0.25) is 5.91 Å². The molecule has 0 radical (unpaired) electrons. The van der Waals surface area contributed by atoms with Crippen LogP contribution in [0.25, 0.3) is 0 Å². The van der Waals surface area contributed by atoms with Crippen LogP contribution < -0.4 is 11.1 Å². The summed E-state index contributed by atoms with van der Waals surface area (Å²) in [4.78, 5) is 13.7. The molecule has 108 valence electrons. The molecule has 1 saturated heterocycles. The number of likely N-dealkylation sites (tertiary alicyclic amines) is 1. The normalized spacial score (nSPS) is 31.5. The monoisotopic (exact) mass is 269 g/mol. The van der Waals surface area contributed by atoms with E-state index < -0.39 is 13.1 Å². The molecule has 2 aliphatic rings. The summed E-state index contributed by atoms with van der Waals surface area (Å²) in [5, 5.41) is 21.8. The summed E-state index contributed by atoms with van der Waals surface area (Å²) in [6, 6.07) is 0.671. The lowest BCUT2D eigenvalue weighted by molar-refractivity contribution is -0.130. The Bertz CT molecular complexity index is 309. The van der Waals surface area contributed by atoms with E-state index in [1.807, 2.05) is 0 Å². The molecule has 1 heterocycles. The molecule has 0 aromatic carbocycles. The molecule has 6 nitrogen and oxygen atoms in total. The maximum Gasteiger partial charge on any atom is 0.475 e. The summed E-state index contributed by atoms with van der Waals surface area (Å²) < 4.78 is 0. The lowest BCUT2D eigenvalue weighted by atomic mass is 9.78. The minimum absolute atomic E-state index is 0.0366. The SMILES string of the molecule is NC1CCC(NCC(=O)N2CCC[C@@H]2B(O)O)CC1. The van der Waals surface area contributed by atoms with Crippen molar-refractivity contribution in [3.05, 3.63) is 0 Å². The van der Waals surface area contributed by atoms with E-state index in [0.29, 0.717) is 25.0 Å². The number of rotatable bonds is 4. The second-order valence-corrected chi connectivity index (χ2v) is 5.70. The van der Waals surface area contributed by atoms with Gasteiger partial charge in [0, 0.05) is 18.6 Å². The minimum Gasteiger partial charge on any atom is -0.426 e. The van der Waals surface area contributed by atoms with Crippen LogP contribution in [-0.4, -0.2) is 59.1 Å². The molecule has 0 spiro atoms. The van der Waals surface area contributed by atoms with Crippen LogP contribution >= 0.6 is 0 Å². The molecule has 1 aliphatic heterocycles. The van der Waals surface area contributed by atoms with Gasteiger partial charge in [-0.2, -0.15) is 0 Å². The van der Waals surface area contributed by atoms with Crippen LogP contribution in [0.5, 0.6) is 0 Å². The zero-order valence-electron chi connectivity index (χ0n) is 11.3. The van der Waals surface area contributed by atoms with Crippen LogP contribution in [0.3, 0.4) is 0 Å². The van der Waals surface area contributed by atoms with Gasteiger partial charge in [0.15, 0.2) is 0 Å². The summed E-state index contributed by atoms with van der Waals surface area (Å²) in [6.07, 6.45) is 5.55. The molecule has 0 unspecified atom stereocenters. The van der Waals surface area contributed by atoms with Gasteiger partial charge in [-0.15, -0.1) is 0 Å². The number of nitrogens with zero attached hydrogens (tertiary/aromatic N) is 1. The number of hydrogen-bond acceptors (Lipinski definition) is 5. The molecule has 2 fully saturated rings. The third kappa shape index (κ3) is 3.92. The predicted octanol–water partition coefficient (Wildman–Crippen LogP) is -1.15. The lowest BCUT2D eigenvalue weighted by Crippen LogP contribution is -2.50. The third-order valence-corrected chi connectivity index (χ3v) is 4.28. The van der Waals surface area contributed by atoms with E-state index in [0.717, 1.165) is 32.1 Å². The van der Waals surface area contributed by atoms with Gasteiger partial charge in [0.25, 0.3) is 0 Å². The highest BCUT2D eigenvalue weighted by Gasteiger charge is 2.36. The average Bonchev–Trinajstić information content (AvgIpc) is 2.87. The first kappa shape index (κ1) is 14.8. The first-order valence-electron chi connectivity index (χ1n) is 7.22. The average molecular weight is 269 g/mol. The maximum atomic E-state index is 12.1. The highest BCUT2D eigenvalue weighted by Crippen LogP contribution is 2.19. The van der Waals surface area contributed by atoms with E-state index in [1.54, 1.807) is 4.90 Å². The van der Waals surface area contributed by atoms with Gasteiger partial charge < -0.3 is 26.0 Å². The third-order valence-electron chi connectivity index (χ3n) is 4.28. The Morgan fingerprint density at radius 2 is 1.95 bits per heavy atom. The largest absolute Gasteiger partial charge is 0.475 e. The first-order valence-corrected chi connectivity index (χ1v) is 7.22. The van der Waals surface area contributed by atoms with Gasteiger partial charge in [-0.1, -0.05) is 0 Å². The summed E-state index contributed by atoms with van der Waals surface area (Å²) in [5.74, 6) is -0.473. The predicted molar refractivity (Wildman–Crippen MR) is 73.2 cm³/mol. The second kappa shape index (κ2) is 6.70. The van der Waals surface area contributed by atoms with Crippen molar-refractivity contribution in [1.82, 2.24) is 10.2 Å². The number of hydrogen-bond donors (Lipinski definition) is 4. The molecule has 0 aromatic heterocycles. The zero-order valence-corrected chi connectivity index (χ0v) is 11.3. The zero-order chi connectivity index (χ0) is 13.8. The van der Waals surface area contributed by atoms with Crippen LogP contribution in [0.4, 0.5) is 0 Å². The maximum absolute atomic E-state index is 12.1. The smallest absolute Gasteiger partial charge is 0.426 e. The van der Waals surface area contributed by atoms with Crippen LogP contribution in [0.2, 0.25) is 0 Å². The molecule has 2 rings (SSSR count). The molecule has 5 N–H and O–H groups in total. The number of nitrogens with two attached hydrogens (primary N) is 1. The number of carbonyl (C=O) groups is 1. The Hall–Kier alpha value is -0.625. The van der Waals surface area contributed by atoms with Crippen molar-refractivity contribution in [3.63, 3.8) is 0 Å². The minimum atomic E-state index is -1.43. The highest BCUT2D eigenvalue weighted by molar-refractivity contribution is 6.43. The Morgan fingerprint density at radius 3 is 2.58 bits per heavy atom. The van der Waals surface area contributed by atoms with Crippen molar-refractivity contribution in [2.24, 2.45) is 5.73 Å². The molecule has 0 aromatic rings. The van der Waals surface area contributed by atoms with Gasteiger partial charge in [-0.3, -0.25) is 4.79 Å². The first-order chi connectivity index (χ1) is 9.08. The number of carbonyl (C=O) groups excluding carboxylic acids is 1. The molecule has 1 atom stereocenters. The van der Waals surface area contributed by atoms with Gasteiger partial charge >= 0.3 is 7.12 Å².